The molecule has 0 fully saturated rings. The maximum Gasteiger partial charge on any atom is 0.0543 e. The molecule has 55 heavy (non-hydrogen) atoms. The molecule has 0 radical (unpaired) electrons. The van der Waals surface area contributed by atoms with Gasteiger partial charge in [0, 0.05) is 42.5 Å². The van der Waals surface area contributed by atoms with E-state index in [0.717, 1.165) is 11.4 Å². The van der Waals surface area contributed by atoms with E-state index in [1.165, 1.54) is 91.9 Å². The standard InChI is InChI=1S/C53H37NS/c1-53(2)47-14-7-5-13-46(47)52-48(53)15-9-16-49(52)54(43-28-29-45-44-12-6-8-17-50(44)55-51(45)33-43)42-26-24-35(25-27-42)37-20-21-40-32-41(23-22-39(40)31-37)38-19-18-34-10-3-4-11-36(34)30-38/h3-33H,1-2H3. The van der Waals surface area contributed by atoms with Gasteiger partial charge in [0.1, 0.15) is 0 Å². The Balaban J connectivity index is 1.01. The van der Waals surface area contributed by atoms with Gasteiger partial charge in [-0.25, -0.2) is 0 Å². The zero-order valence-corrected chi connectivity index (χ0v) is 31.6. The number of hydrogen-bond donors (Lipinski definition) is 0. The predicted molar refractivity (Wildman–Crippen MR) is 237 cm³/mol. The number of nitrogens with zero attached hydrogens (tertiary/aromatic N) is 1. The number of rotatable bonds is 5. The molecule has 1 aliphatic carbocycles. The molecule has 10 aromatic rings. The Morgan fingerprint density at radius 3 is 1.75 bits per heavy atom. The highest BCUT2D eigenvalue weighted by Crippen LogP contribution is 2.54. The lowest BCUT2D eigenvalue weighted by Gasteiger charge is -2.29. The summed E-state index contributed by atoms with van der Waals surface area (Å²) >= 11 is 1.87. The quantitative estimate of drug-likeness (QED) is 0.171. The molecule has 11 rings (SSSR count). The molecule has 0 atom stereocenters. The van der Waals surface area contributed by atoms with Gasteiger partial charge in [0.05, 0.1) is 5.69 Å². The molecule has 0 saturated carbocycles. The van der Waals surface area contributed by atoms with Crippen LogP contribution in [-0.2, 0) is 5.41 Å². The van der Waals surface area contributed by atoms with E-state index in [1.54, 1.807) is 0 Å². The summed E-state index contributed by atoms with van der Waals surface area (Å²) in [6, 6.07) is 69.7. The van der Waals surface area contributed by atoms with Crippen molar-refractivity contribution in [3.63, 3.8) is 0 Å². The molecule has 0 N–H and O–H groups in total. The fourth-order valence-corrected chi connectivity index (χ4v) is 10.1. The Morgan fingerprint density at radius 1 is 0.400 bits per heavy atom. The molecule has 0 saturated heterocycles. The van der Waals surface area contributed by atoms with Gasteiger partial charge < -0.3 is 4.90 Å². The summed E-state index contributed by atoms with van der Waals surface area (Å²) in [5.41, 5.74) is 13.7. The molecule has 0 aliphatic heterocycles. The molecule has 0 amide bonds. The zero-order valence-electron chi connectivity index (χ0n) is 30.8. The molecule has 2 heteroatoms. The van der Waals surface area contributed by atoms with Crippen molar-refractivity contribution < 1.29 is 0 Å². The fraction of sp³-hybridized carbons (Fsp3) is 0.0566. The van der Waals surface area contributed by atoms with Crippen molar-refractivity contribution in [2.75, 3.05) is 4.90 Å². The average Bonchev–Trinajstić information content (AvgIpc) is 3.72. The van der Waals surface area contributed by atoms with Gasteiger partial charge in [-0.05, 0) is 115 Å². The third-order valence-corrected chi connectivity index (χ3v) is 13.0. The second-order valence-corrected chi connectivity index (χ2v) is 16.5. The van der Waals surface area contributed by atoms with E-state index in [4.69, 9.17) is 0 Å². The highest BCUT2D eigenvalue weighted by Gasteiger charge is 2.37. The molecular formula is C53H37NS. The number of anilines is 3. The number of hydrogen-bond acceptors (Lipinski definition) is 2. The molecule has 1 aromatic heterocycles. The second kappa shape index (κ2) is 12.3. The van der Waals surface area contributed by atoms with Crippen LogP contribution in [0.25, 0.3) is 75.1 Å². The lowest BCUT2D eigenvalue weighted by atomic mass is 9.82. The first kappa shape index (κ1) is 32.0. The van der Waals surface area contributed by atoms with Gasteiger partial charge >= 0.3 is 0 Å². The fourth-order valence-electron chi connectivity index (χ4n) is 8.98. The first-order valence-electron chi connectivity index (χ1n) is 19.1. The average molecular weight is 720 g/mol. The Labute approximate surface area is 325 Å². The van der Waals surface area contributed by atoms with Gasteiger partial charge in [0.2, 0.25) is 0 Å². The van der Waals surface area contributed by atoms with E-state index in [1.807, 2.05) is 11.3 Å². The Kier molecular flexibility index (Phi) is 7.14. The first-order valence-corrected chi connectivity index (χ1v) is 19.9. The SMILES string of the molecule is CC1(C)c2ccccc2-c2c(N(c3ccc(-c4ccc5cc(-c6ccc7ccccc7c6)ccc5c4)cc3)c3ccc4c(c3)sc3ccccc34)cccc21. The van der Waals surface area contributed by atoms with Crippen molar-refractivity contribution in [1.29, 1.82) is 0 Å². The van der Waals surface area contributed by atoms with Crippen molar-refractivity contribution in [1.82, 2.24) is 0 Å². The van der Waals surface area contributed by atoms with Crippen LogP contribution in [-0.4, -0.2) is 0 Å². The largest absolute Gasteiger partial charge is 0.310 e. The Hall–Kier alpha value is -6.48. The van der Waals surface area contributed by atoms with Gasteiger partial charge in [0.15, 0.2) is 0 Å². The molecule has 1 nitrogen and oxygen atoms in total. The smallest absolute Gasteiger partial charge is 0.0543 e. The lowest BCUT2D eigenvalue weighted by Crippen LogP contribution is -2.16. The first-order chi connectivity index (χ1) is 27.0. The van der Waals surface area contributed by atoms with Gasteiger partial charge in [-0.2, -0.15) is 0 Å². The molecular weight excluding hydrogens is 683 g/mol. The van der Waals surface area contributed by atoms with Gasteiger partial charge in [-0.1, -0.05) is 147 Å². The van der Waals surface area contributed by atoms with Crippen LogP contribution in [0.2, 0.25) is 0 Å². The van der Waals surface area contributed by atoms with Crippen molar-refractivity contribution in [2.24, 2.45) is 0 Å². The Morgan fingerprint density at radius 2 is 0.964 bits per heavy atom. The van der Waals surface area contributed by atoms with E-state index in [-0.39, 0.29) is 5.41 Å². The van der Waals surface area contributed by atoms with E-state index in [9.17, 15) is 0 Å². The lowest BCUT2D eigenvalue weighted by molar-refractivity contribution is 0.660. The van der Waals surface area contributed by atoms with Crippen molar-refractivity contribution >= 4 is 70.1 Å². The highest BCUT2D eigenvalue weighted by atomic mass is 32.1. The van der Waals surface area contributed by atoms with Crippen LogP contribution >= 0.6 is 11.3 Å². The molecule has 260 valence electrons. The molecule has 0 unspecified atom stereocenters. The summed E-state index contributed by atoms with van der Waals surface area (Å²) in [6.45, 7) is 4.72. The highest BCUT2D eigenvalue weighted by molar-refractivity contribution is 7.25. The summed E-state index contributed by atoms with van der Waals surface area (Å²) < 4.78 is 2.62. The predicted octanol–water partition coefficient (Wildman–Crippen LogP) is 15.5. The van der Waals surface area contributed by atoms with Crippen molar-refractivity contribution in [3.05, 3.63) is 199 Å². The minimum atomic E-state index is -0.0841. The molecule has 9 aromatic carbocycles. The van der Waals surface area contributed by atoms with E-state index in [0.29, 0.717) is 0 Å². The number of benzene rings is 9. The van der Waals surface area contributed by atoms with Gasteiger partial charge in [0.25, 0.3) is 0 Å². The zero-order chi connectivity index (χ0) is 36.7. The van der Waals surface area contributed by atoms with Crippen LogP contribution < -0.4 is 4.90 Å². The summed E-state index contributed by atoms with van der Waals surface area (Å²) in [5.74, 6) is 0. The van der Waals surface area contributed by atoms with Crippen LogP contribution in [0.3, 0.4) is 0 Å². The van der Waals surface area contributed by atoms with Gasteiger partial charge in [-0.3, -0.25) is 0 Å². The summed E-state index contributed by atoms with van der Waals surface area (Å²) in [5, 5.41) is 7.65. The van der Waals surface area contributed by atoms with Gasteiger partial charge in [-0.15, -0.1) is 11.3 Å². The van der Waals surface area contributed by atoms with Crippen LogP contribution in [0.5, 0.6) is 0 Å². The molecule has 0 spiro atoms. The van der Waals surface area contributed by atoms with E-state index in [2.05, 4.69) is 207 Å². The minimum absolute atomic E-state index is 0.0841. The van der Waals surface area contributed by atoms with Crippen LogP contribution in [0, 0.1) is 0 Å². The van der Waals surface area contributed by atoms with E-state index >= 15 is 0 Å². The van der Waals surface area contributed by atoms with E-state index < -0.39 is 0 Å². The molecule has 0 bridgehead atoms. The third kappa shape index (κ3) is 5.13. The normalized spacial score (nSPS) is 13.1. The monoisotopic (exact) mass is 719 g/mol. The summed E-state index contributed by atoms with van der Waals surface area (Å²) in [6.07, 6.45) is 0. The molecule has 1 aliphatic rings. The third-order valence-electron chi connectivity index (χ3n) is 11.8. The Bertz CT molecular complexity index is 3130. The second-order valence-electron chi connectivity index (χ2n) is 15.4. The number of thiophene rings is 1. The molecule has 1 heterocycles. The maximum absolute atomic E-state index is 2.47. The summed E-state index contributed by atoms with van der Waals surface area (Å²) in [4.78, 5) is 2.47. The minimum Gasteiger partial charge on any atom is -0.310 e. The van der Waals surface area contributed by atoms with Crippen molar-refractivity contribution in [3.8, 4) is 33.4 Å². The van der Waals surface area contributed by atoms with Crippen LogP contribution in [0.1, 0.15) is 25.0 Å². The van der Waals surface area contributed by atoms with Crippen molar-refractivity contribution in [2.45, 2.75) is 19.3 Å². The van der Waals surface area contributed by atoms with Crippen LogP contribution in [0.15, 0.2) is 188 Å². The van der Waals surface area contributed by atoms with Crippen LogP contribution in [0.4, 0.5) is 17.1 Å². The maximum atomic E-state index is 2.47. The topological polar surface area (TPSA) is 3.24 Å². The summed E-state index contributed by atoms with van der Waals surface area (Å²) in [7, 11) is 0. The number of fused-ring (bicyclic) bond motifs is 8.